The van der Waals surface area contributed by atoms with Gasteiger partial charge in [-0.2, -0.15) is 0 Å². The second-order valence-corrected chi connectivity index (χ2v) is 8.60. The number of benzene rings is 1. The molecule has 0 N–H and O–H groups in total. The largest absolute Gasteiger partial charge is 0.304 e. The zero-order chi connectivity index (χ0) is 17.8. The highest BCUT2D eigenvalue weighted by Crippen LogP contribution is 2.24. The van der Waals surface area contributed by atoms with Crippen LogP contribution in [-0.4, -0.2) is 91.1 Å². The Balaban J connectivity index is 1.19. The summed E-state index contributed by atoms with van der Waals surface area (Å²) in [5.41, 5.74) is 1.46. The maximum absolute atomic E-state index is 2.81. The third kappa shape index (κ3) is 4.66. The Labute approximate surface area is 159 Å². The molecule has 3 saturated heterocycles. The van der Waals surface area contributed by atoms with Crippen LogP contribution in [0.5, 0.6) is 0 Å². The van der Waals surface area contributed by atoms with Gasteiger partial charge in [-0.05, 0) is 64.5 Å². The molecule has 4 nitrogen and oxygen atoms in total. The highest BCUT2D eigenvalue weighted by Gasteiger charge is 2.31. The number of hydrogen-bond acceptors (Lipinski definition) is 4. The first kappa shape index (κ1) is 18.4. The second kappa shape index (κ2) is 8.83. The number of likely N-dealkylation sites (tertiary alicyclic amines) is 2. The van der Waals surface area contributed by atoms with Gasteiger partial charge in [0.1, 0.15) is 0 Å². The van der Waals surface area contributed by atoms with Crippen LogP contribution >= 0.6 is 0 Å². The van der Waals surface area contributed by atoms with Crippen molar-refractivity contribution in [1.29, 1.82) is 0 Å². The summed E-state index contributed by atoms with van der Waals surface area (Å²) in [4.78, 5) is 10.7. The first-order valence-corrected chi connectivity index (χ1v) is 10.7. The van der Waals surface area contributed by atoms with E-state index in [9.17, 15) is 0 Å². The quantitative estimate of drug-likeness (QED) is 0.821. The van der Waals surface area contributed by atoms with Crippen LogP contribution in [0.2, 0.25) is 0 Å². The SMILES string of the molecule is CN1CCN(C2CCN(C3CCN(Cc4ccccc4)CC3)CC2)CC1. The Morgan fingerprint density at radius 2 is 1.23 bits per heavy atom. The Kier molecular flexibility index (Phi) is 6.26. The zero-order valence-corrected chi connectivity index (χ0v) is 16.5. The summed E-state index contributed by atoms with van der Waals surface area (Å²) in [6, 6.07) is 12.6. The topological polar surface area (TPSA) is 13.0 Å². The molecule has 0 saturated carbocycles. The lowest BCUT2D eigenvalue weighted by atomic mass is 9.96. The van der Waals surface area contributed by atoms with E-state index in [1.54, 1.807) is 0 Å². The molecular formula is C22H36N4. The van der Waals surface area contributed by atoms with Crippen LogP contribution in [0.25, 0.3) is 0 Å². The van der Waals surface area contributed by atoms with Gasteiger partial charge in [0.05, 0.1) is 0 Å². The number of rotatable bonds is 4. The average molecular weight is 357 g/mol. The van der Waals surface area contributed by atoms with Crippen LogP contribution in [0, 0.1) is 0 Å². The lowest BCUT2D eigenvalue weighted by Gasteiger charge is -2.45. The smallest absolute Gasteiger partial charge is 0.0233 e. The normalized spacial score (nSPS) is 26.3. The number of likely N-dealkylation sites (N-methyl/N-ethyl adjacent to an activating group) is 1. The molecule has 0 bridgehead atoms. The molecule has 26 heavy (non-hydrogen) atoms. The summed E-state index contributed by atoms with van der Waals surface area (Å²) < 4.78 is 0. The van der Waals surface area contributed by atoms with Gasteiger partial charge in [-0.15, -0.1) is 0 Å². The van der Waals surface area contributed by atoms with Crippen molar-refractivity contribution in [3.63, 3.8) is 0 Å². The Morgan fingerprint density at radius 3 is 1.85 bits per heavy atom. The van der Waals surface area contributed by atoms with Gasteiger partial charge < -0.3 is 9.80 Å². The molecule has 0 radical (unpaired) electrons. The summed E-state index contributed by atoms with van der Waals surface area (Å²) >= 11 is 0. The van der Waals surface area contributed by atoms with Gasteiger partial charge in [-0.1, -0.05) is 30.3 Å². The maximum atomic E-state index is 2.81. The molecule has 0 amide bonds. The number of piperidine rings is 2. The number of nitrogens with zero attached hydrogens (tertiary/aromatic N) is 4. The number of piperazine rings is 1. The van der Waals surface area contributed by atoms with E-state index in [0.29, 0.717) is 0 Å². The minimum Gasteiger partial charge on any atom is -0.304 e. The molecule has 0 unspecified atom stereocenters. The van der Waals surface area contributed by atoms with Gasteiger partial charge in [0, 0.05) is 44.8 Å². The summed E-state index contributed by atoms with van der Waals surface area (Å²) in [5, 5.41) is 0. The van der Waals surface area contributed by atoms with Crippen molar-refractivity contribution in [3.05, 3.63) is 35.9 Å². The third-order valence-electron chi connectivity index (χ3n) is 6.88. The van der Waals surface area contributed by atoms with Crippen molar-refractivity contribution in [1.82, 2.24) is 19.6 Å². The molecule has 4 rings (SSSR count). The molecule has 0 spiro atoms. The highest BCUT2D eigenvalue weighted by molar-refractivity contribution is 5.14. The Morgan fingerprint density at radius 1 is 0.692 bits per heavy atom. The van der Waals surface area contributed by atoms with Crippen molar-refractivity contribution >= 4 is 0 Å². The van der Waals surface area contributed by atoms with Gasteiger partial charge in [0.2, 0.25) is 0 Å². The van der Waals surface area contributed by atoms with E-state index in [4.69, 9.17) is 0 Å². The van der Waals surface area contributed by atoms with Crippen molar-refractivity contribution in [2.75, 3.05) is 59.4 Å². The predicted octanol–water partition coefficient (Wildman–Crippen LogP) is 2.36. The van der Waals surface area contributed by atoms with E-state index in [2.05, 4.69) is 57.0 Å². The molecule has 0 atom stereocenters. The van der Waals surface area contributed by atoms with Crippen LogP contribution in [0.4, 0.5) is 0 Å². The standard InChI is InChI=1S/C22H36N4/c1-23-15-17-26(18-16-23)22-9-13-25(14-10-22)21-7-11-24(12-8-21)19-20-5-3-2-4-6-20/h2-6,21-22H,7-19H2,1H3. The van der Waals surface area contributed by atoms with Crippen molar-refractivity contribution < 1.29 is 0 Å². The molecule has 0 aliphatic carbocycles. The lowest BCUT2D eigenvalue weighted by Crippen LogP contribution is -2.54. The van der Waals surface area contributed by atoms with Crippen molar-refractivity contribution in [2.45, 2.75) is 44.3 Å². The molecule has 3 fully saturated rings. The van der Waals surface area contributed by atoms with E-state index in [-0.39, 0.29) is 0 Å². The molecular weight excluding hydrogens is 320 g/mol. The zero-order valence-electron chi connectivity index (χ0n) is 16.5. The van der Waals surface area contributed by atoms with Gasteiger partial charge >= 0.3 is 0 Å². The van der Waals surface area contributed by atoms with Gasteiger partial charge in [0.25, 0.3) is 0 Å². The van der Waals surface area contributed by atoms with E-state index >= 15 is 0 Å². The molecule has 1 aromatic rings. The van der Waals surface area contributed by atoms with Crippen LogP contribution < -0.4 is 0 Å². The minimum absolute atomic E-state index is 0.829. The van der Waals surface area contributed by atoms with Crippen LogP contribution in [0.3, 0.4) is 0 Å². The van der Waals surface area contributed by atoms with Gasteiger partial charge in [-0.25, -0.2) is 0 Å². The molecule has 0 aromatic heterocycles. The van der Waals surface area contributed by atoms with Gasteiger partial charge in [-0.3, -0.25) is 9.80 Å². The van der Waals surface area contributed by atoms with E-state index in [0.717, 1.165) is 18.6 Å². The third-order valence-corrected chi connectivity index (χ3v) is 6.88. The van der Waals surface area contributed by atoms with Crippen molar-refractivity contribution in [2.24, 2.45) is 0 Å². The fraction of sp³-hybridized carbons (Fsp3) is 0.727. The second-order valence-electron chi connectivity index (χ2n) is 8.60. The Bertz CT molecular complexity index is 524. The van der Waals surface area contributed by atoms with Gasteiger partial charge in [0.15, 0.2) is 0 Å². The van der Waals surface area contributed by atoms with E-state index in [1.807, 2.05) is 0 Å². The molecule has 1 aromatic carbocycles. The van der Waals surface area contributed by atoms with Crippen LogP contribution in [-0.2, 0) is 6.54 Å². The van der Waals surface area contributed by atoms with Crippen LogP contribution in [0.1, 0.15) is 31.2 Å². The van der Waals surface area contributed by atoms with E-state index < -0.39 is 0 Å². The Hall–Kier alpha value is -0.940. The van der Waals surface area contributed by atoms with Crippen molar-refractivity contribution in [3.8, 4) is 0 Å². The summed E-state index contributed by atoms with van der Waals surface area (Å²) in [6.07, 6.45) is 5.47. The molecule has 3 heterocycles. The summed E-state index contributed by atoms with van der Waals surface area (Å²) in [5.74, 6) is 0. The first-order chi connectivity index (χ1) is 12.8. The molecule has 3 aliphatic rings. The van der Waals surface area contributed by atoms with E-state index in [1.165, 1.54) is 83.6 Å². The average Bonchev–Trinajstić information content (AvgIpc) is 2.70. The lowest BCUT2D eigenvalue weighted by molar-refractivity contribution is 0.0369. The summed E-state index contributed by atoms with van der Waals surface area (Å²) in [7, 11) is 2.25. The summed E-state index contributed by atoms with van der Waals surface area (Å²) in [6.45, 7) is 11.3. The molecule has 3 aliphatic heterocycles. The molecule has 4 heteroatoms. The monoisotopic (exact) mass is 356 g/mol. The predicted molar refractivity (Wildman–Crippen MR) is 108 cm³/mol. The minimum atomic E-state index is 0.829. The maximum Gasteiger partial charge on any atom is 0.0233 e. The highest BCUT2D eigenvalue weighted by atomic mass is 15.3. The molecule has 144 valence electrons. The fourth-order valence-corrected chi connectivity index (χ4v) is 5.09. The first-order valence-electron chi connectivity index (χ1n) is 10.7. The number of hydrogen-bond donors (Lipinski definition) is 0. The van der Waals surface area contributed by atoms with Crippen LogP contribution in [0.15, 0.2) is 30.3 Å². The fourth-order valence-electron chi connectivity index (χ4n) is 5.09.